The van der Waals surface area contributed by atoms with Crippen molar-refractivity contribution in [3.8, 4) is 22.3 Å². The van der Waals surface area contributed by atoms with E-state index in [2.05, 4.69) is 185 Å². The lowest BCUT2D eigenvalue weighted by molar-refractivity contribution is 0.607. The van der Waals surface area contributed by atoms with Crippen LogP contribution in [0, 0.1) is 0 Å². The number of hydrogen-bond acceptors (Lipinski definition) is 0. The van der Waals surface area contributed by atoms with Crippen molar-refractivity contribution in [2.45, 2.75) is 218 Å². The molecule has 0 nitrogen and oxygen atoms in total. The van der Waals surface area contributed by atoms with E-state index in [9.17, 15) is 0 Å². The van der Waals surface area contributed by atoms with Gasteiger partial charge in [-0.2, -0.15) is 0 Å². The molecular formula is C76H94. The van der Waals surface area contributed by atoms with E-state index in [4.69, 9.17) is 0 Å². The smallest absolute Gasteiger partial charge is 0.0654 e. The van der Waals surface area contributed by atoms with E-state index >= 15 is 0 Å². The van der Waals surface area contributed by atoms with Crippen molar-refractivity contribution in [2.75, 3.05) is 0 Å². The van der Waals surface area contributed by atoms with Gasteiger partial charge in [0.05, 0.1) is 10.8 Å². The lowest BCUT2D eigenvalue weighted by Crippen LogP contribution is -2.30. The minimum atomic E-state index is -0.477. The highest BCUT2D eigenvalue weighted by atomic mass is 14.5. The molecule has 0 radical (unpaired) electrons. The van der Waals surface area contributed by atoms with E-state index in [-0.39, 0.29) is 0 Å². The SMILES string of the molecule is CCCCCCCCc1ccc(C2(c3ccc(CCCCCCCC)cc3)c3ccccc3-c3cc4c(cc32)-c2ccccc2C4(c2ccc(CCCCCCCC)cc2)c2ccc(CCCCCCCC)cc2)cc1. The molecule has 0 unspecified atom stereocenters. The van der Waals surface area contributed by atoms with Crippen LogP contribution in [0.1, 0.15) is 249 Å². The summed E-state index contributed by atoms with van der Waals surface area (Å²) >= 11 is 0. The van der Waals surface area contributed by atoms with Crippen LogP contribution in [-0.4, -0.2) is 0 Å². The van der Waals surface area contributed by atoms with Crippen LogP contribution in [0.5, 0.6) is 0 Å². The first-order valence-electron chi connectivity index (χ1n) is 31.3. The van der Waals surface area contributed by atoms with Crippen LogP contribution in [0.15, 0.2) is 158 Å². The third kappa shape index (κ3) is 12.1. The van der Waals surface area contributed by atoms with Crippen molar-refractivity contribution in [1.82, 2.24) is 0 Å². The molecule has 9 rings (SSSR count). The predicted octanol–water partition coefficient (Wildman–Crippen LogP) is 22.0. The first kappa shape index (κ1) is 55.3. The van der Waals surface area contributed by atoms with Gasteiger partial charge in [0, 0.05) is 0 Å². The van der Waals surface area contributed by atoms with Crippen molar-refractivity contribution in [3.05, 3.63) is 224 Å². The molecule has 0 saturated heterocycles. The Labute approximate surface area is 462 Å². The van der Waals surface area contributed by atoms with E-state index in [1.807, 2.05) is 0 Å². The summed E-state index contributed by atoms with van der Waals surface area (Å²) in [4.78, 5) is 0. The maximum atomic E-state index is 2.68. The monoisotopic (exact) mass is 1010 g/mol. The number of fused-ring (bicyclic) bond motifs is 6. The lowest BCUT2D eigenvalue weighted by atomic mass is 9.65. The van der Waals surface area contributed by atoms with Gasteiger partial charge in [-0.25, -0.2) is 0 Å². The fourth-order valence-corrected chi connectivity index (χ4v) is 13.7. The Bertz CT molecular complexity index is 2520. The van der Waals surface area contributed by atoms with Crippen LogP contribution in [0.2, 0.25) is 0 Å². The maximum Gasteiger partial charge on any atom is 0.0713 e. The van der Waals surface area contributed by atoms with Crippen molar-refractivity contribution in [3.63, 3.8) is 0 Å². The molecule has 76 heavy (non-hydrogen) atoms. The van der Waals surface area contributed by atoms with Crippen LogP contribution >= 0.6 is 0 Å². The molecule has 398 valence electrons. The number of hydrogen-bond donors (Lipinski definition) is 0. The molecule has 0 atom stereocenters. The molecule has 2 aliphatic rings. The average molecular weight is 1010 g/mol. The van der Waals surface area contributed by atoms with Crippen LogP contribution in [0.25, 0.3) is 22.3 Å². The molecule has 7 aromatic rings. The topological polar surface area (TPSA) is 0 Å². The molecule has 0 aliphatic heterocycles. The Morgan fingerprint density at radius 3 is 0.724 bits per heavy atom. The average Bonchev–Trinajstić information content (AvgIpc) is 4.16. The first-order chi connectivity index (χ1) is 37.6. The third-order valence-corrected chi connectivity index (χ3v) is 18.0. The van der Waals surface area contributed by atoms with Gasteiger partial charge in [-0.1, -0.05) is 302 Å². The fraction of sp³-hybridized carbons (Fsp3) is 0.447. The summed E-state index contributed by atoms with van der Waals surface area (Å²) in [6, 6.07) is 64.1. The second-order valence-corrected chi connectivity index (χ2v) is 23.4. The van der Waals surface area contributed by atoms with Gasteiger partial charge in [0.1, 0.15) is 0 Å². The standard InChI is InChI=1S/C76H94/c1-5-9-13-17-21-25-33-59-41-49-63(50-42-59)75(64-51-43-60(44-52-64)34-26-22-18-14-10-6-2)71-39-31-29-37-67(71)69-58-74-70(57-73(69)75)68-38-30-32-40-72(68)76(74,65-53-45-61(46-54-65)35-27-23-19-15-11-7-3)66-55-47-62(48-56-66)36-28-24-20-16-12-8-4/h29-32,37-58H,5-28,33-36H2,1-4H3. The molecule has 0 amide bonds. The highest BCUT2D eigenvalue weighted by molar-refractivity contribution is 5.94. The van der Waals surface area contributed by atoms with Crippen LogP contribution in [-0.2, 0) is 36.5 Å². The molecule has 7 aromatic carbocycles. The van der Waals surface area contributed by atoms with Gasteiger partial charge >= 0.3 is 0 Å². The summed E-state index contributed by atoms with van der Waals surface area (Å²) in [7, 11) is 0. The molecule has 0 heterocycles. The zero-order valence-corrected chi connectivity index (χ0v) is 47.8. The molecule has 0 bridgehead atoms. The van der Waals surface area contributed by atoms with Crippen molar-refractivity contribution < 1.29 is 0 Å². The molecule has 2 aliphatic carbocycles. The van der Waals surface area contributed by atoms with E-state index in [1.165, 1.54) is 243 Å². The van der Waals surface area contributed by atoms with E-state index in [0.717, 1.165) is 25.7 Å². The first-order valence-corrected chi connectivity index (χ1v) is 31.3. The Hall–Kier alpha value is -5.46. The van der Waals surface area contributed by atoms with Gasteiger partial charge in [-0.3, -0.25) is 0 Å². The largest absolute Gasteiger partial charge is 0.0713 e. The second kappa shape index (κ2) is 27.7. The van der Waals surface area contributed by atoms with Crippen molar-refractivity contribution >= 4 is 0 Å². The summed E-state index contributed by atoms with van der Waals surface area (Å²) in [6.45, 7) is 9.25. The molecule has 0 fully saturated rings. The zero-order chi connectivity index (χ0) is 52.4. The second-order valence-electron chi connectivity index (χ2n) is 23.4. The Balaban J connectivity index is 1.17. The summed E-state index contributed by atoms with van der Waals surface area (Å²) in [6.07, 6.45) is 36.4. The Morgan fingerprint density at radius 2 is 0.461 bits per heavy atom. The van der Waals surface area contributed by atoms with Crippen LogP contribution < -0.4 is 0 Å². The van der Waals surface area contributed by atoms with Gasteiger partial charge in [-0.15, -0.1) is 0 Å². The number of unbranched alkanes of at least 4 members (excludes halogenated alkanes) is 20. The molecule has 0 N–H and O–H groups in total. The predicted molar refractivity (Wildman–Crippen MR) is 329 cm³/mol. The molecule has 0 heteroatoms. The number of benzene rings is 7. The summed E-state index contributed by atoms with van der Waals surface area (Å²) < 4.78 is 0. The van der Waals surface area contributed by atoms with Crippen molar-refractivity contribution in [2.24, 2.45) is 0 Å². The van der Waals surface area contributed by atoms with E-state index in [1.54, 1.807) is 0 Å². The minimum Gasteiger partial charge on any atom is -0.0654 e. The number of aryl methyl sites for hydroxylation is 4. The summed E-state index contributed by atoms with van der Waals surface area (Å²) in [5.74, 6) is 0. The lowest BCUT2D eigenvalue weighted by Gasteiger charge is -2.36. The minimum absolute atomic E-state index is 0.477. The highest BCUT2D eigenvalue weighted by Crippen LogP contribution is 2.62. The quantitative estimate of drug-likeness (QED) is 0.0369. The molecular weight excluding hydrogens is 913 g/mol. The molecule has 0 aromatic heterocycles. The van der Waals surface area contributed by atoms with Gasteiger partial charge in [-0.05, 0) is 153 Å². The summed E-state index contributed by atoms with van der Waals surface area (Å²) in [5, 5.41) is 0. The van der Waals surface area contributed by atoms with E-state index in [0.29, 0.717) is 0 Å². The van der Waals surface area contributed by atoms with E-state index < -0.39 is 10.8 Å². The maximum absolute atomic E-state index is 2.68. The Kier molecular flexibility index (Phi) is 20.2. The number of rotatable bonds is 32. The molecule has 0 spiro atoms. The molecule has 0 saturated carbocycles. The van der Waals surface area contributed by atoms with Crippen molar-refractivity contribution in [1.29, 1.82) is 0 Å². The van der Waals surface area contributed by atoms with Gasteiger partial charge in [0.25, 0.3) is 0 Å². The van der Waals surface area contributed by atoms with Gasteiger partial charge < -0.3 is 0 Å². The zero-order valence-electron chi connectivity index (χ0n) is 47.8. The van der Waals surface area contributed by atoms with Gasteiger partial charge in [0.2, 0.25) is 0 Å². The van der Waals surface area contributed by atoms with Crippen LogP contribution in [0.3, 0.4) is 0 Å². The Morgan fingerprint density at radius 1 is 0.224 bits per heavy atom. The normalized spacial score (nSPS) is 13.6. The fourth-order valence-electron chi connectivity index (χ4n) is 13.7. The van der Waals surface area contributed by atoms with Gasteiger partial charge in [0.15, 0.2) is 0 Å². The summed E-state index contributed by atoms with van der Waals surface area (Å²) in [5.41, 5.74) is 21.4. The third-order valence-electron chi connectivity index (χ3n) is 18.0. The highest BCUT2D eigenvalue weighted by Gasteiger charge is 2.51. The van der Waals surface area contributed by atoms with Crippen LogP contribution in [0.4, 0.5) is 0 Å².